The highest BCUT2D eigenvalue weighted by Gasteiger charge is 2.09. The standard InChI is InChI=1S/C23H21N3O2S/c27-21(16-11-17-7-3-1-4-8-17)25-26-23(29)24-22(28)20-14-12-19(13-15-20)18-9-5-2-6-10-18/h1-10,12-15H,11,16H2,(H,25,27)(H2,24,26,28,29). The molecule has 0 saturated heterocycles. The highest BCUT2D eigenvalue weighted by molar-refractivity contribution is 7.80. The number of rotatable bonds is 5. The van der Waals surface area contributed by atoms with Crippen molar-refractivity contribution < 1.29 is 9.59 Å². The highest BCUT2D eigenvalue weighted by Crippen LogP contribution is 2.19. The summed E-state index contributed by atoms with van der Waals surface area (Å²) < 4.78 is 0. The lowest BCUT2D eigenvalue weighted by atomic mass is 10.0. The van der Waals surface area contributed by atoms with Crippen LogP contribution in [-0.4, -0.2) is 16.9 Å². The topological polar surface area (TPSA) is 70.2 Å². The average molecular weight is 404 g/mol. The lowest BCUT2D eigenvalue weighted by Gasteiger charge is -2.11. The first kappa shape index (κ1) is 20.2. The third-order valence-electron chi connectivity index (χ3n) is 4.28. The Labute approximate surface area is 175 Å². The van der Waals surface area contributed by atoms with Gasteiger partial charge in [-0.05, 0) is 47.5 Å². The first-order valence-electron chi connectivity index (χ1n) is 9.21. The van der Waals surface area contributed by atoms with Crippen molar-refractivity contribution in [2.75, 3.05) is 0 Å². The van der Waals surface area contributed by atoms with E-state index >= 15 is 0 Å². The number of benzene rings is 3. The van der Waals surface area contributed by atoms with Crippen molar-refractivity contribution in [1.29, 1.82) is 0 Å². The molecule has 5 nitrogen and oxygen atoms in total. The van der Waals surface area contributed by atoms with Crippen LogP contribution in [0.1, 0.15) is 22.3 Å². The molecule has 3 aromatic rings. The summed E-state index contributed by atoms with van der Waals surface area (Å²) in [5.41, 5.74) is 8.71. The van der Waals surface area contributed by atoms with E-state index in [1.165, 1.54) is 0 Å². The molecule has 0 atom stereocenters. The van der Waals surface area contributed by atoms with Gasteiger partial charge in [-0.3, -0.25) is 25.8 Å². The second kappa shape index (κ2) is 10.1. The monoisotopic (exact) mass is 403 g/mol. The van der Waals surface area contributed by atoms with Crippen LogP contribution < -0.4 is 16.2 Å². The van der Waals surface area contributed by atoms with Gasteiger partial charge in [0.15, 0.2) is 5.11 Å². The Morgan fingerprint density at radius 2 is 1.31 bits per heavy atom. The Morgan fingerprint density at radius 1 is 0.724 bits per heavy atom. The molecule has 6 heteroatoms. The Hall–Kier alpha value is -3.51. The van der Waals surface area contributed by atoms with Crippen LogP contribution in [0.3, 0.4) is 0 Å². The fourth-order valence-corrected chi connectivity index (χ4v) is 2.89. The van der Waals surface area contributed by atoms with E-state index in [0.29, 0.717) is 18.4 Å². The number of aryl methyl sites for hydroxylation is 1. The number of thiocarbonyl (C=S) groups is 1. The number of hydrogen-bond donors (Lipinski definition) is 3. The summed E-state index contributed by atoms with van der Waals surface area (Å²) >= 11 is 5.07. The summed E-state index contributed by atoms with van der Waals surface area (Å²) in [5, 5.41) is 2.59. The second-order valence-electron chi connectivity index (χ2n) is 6.39. The number of hydrazine groups is 1. The van der Waals surface area contributed by atoms with Gasteiger partial charge in [0.2, 0.25) is 5.91 Å². The molecule has 0 aliphatic carbocycles. The Balaban J connectivity index is 1.44. The van der Waals surface area contributed by atoms with Gasteiger partial charge >= 0.3 is 0 Å². The summed E-state index contributed by atoms with van der Waals surface area (Å²) in [6.45, 7) is 0. The fraction of sp³-hybridized carbons (Fsp3) is 0.0870. The van der Waals surface area contributed by atoms with E-state index in [0.717, 1.165) is 16.7 Å². The predicted molar refractivity (Wildman–Crippen MR) is 118 cm³/mol. The first-order valence-corrected chi connectivity index (χ1v) is 9.62. The van der Waals surface area contributed by atoms with Crippen LogP contribution in [0.5, 0.6) is 0 Å². The summed E-state index contributed by atoms with van der Waals surface area (Å²) in [5.74, 6) is -0.557. The van der Waals surface area contributed by atoms with E-state index in [1.807, 2.05) is 72.8 Å². The summed E-state index contributed by atoms with van der Waals surface area (Å²) in [7, 11) is 0. The van der Waals surface area contributed by atoms with Gasteiger partial charge in [-0.15, -0.1) is 0 Å². The van der Waals surface area contributed by atoms with Crippen molar-refractivity contribution in [3.05, 3.63) is 96.1 Å². The number of carbonyl (C=O) groups is 2. The van der Waals surface area contributed by atoms with Crippen molar-refractivity contribution in [1.82, 2.24) is 16.2 Å². The zero-order chi connectivity index (χ0) is 20.5. The summed E-state index contributed by atoms with van der Waals surface area (Å²) in [4.78, 5) is 24.2. The third kappa shape index (κ3) is 6.26. The van der Waals surface area contributed by atoms with E-state index < -0.39 is 0 Å². The van der Waals surface area contributed by atoms with Gasteiger partial charge in [0.05, 0.1) is 0 Å². The van der Waals surface area contributed by atoms with Gasteiger partial charge in [-0.1, -0.05) is 72.8 Å². The number of hydrogen-bond acceptors (Lipinski definition) is 3. The third-order valence-corrected chi connectivity index (χ3v) is 4.48. The zero-order valence-electron chi connectivity index (χ0n) is 15.7. The first-order chi connectivity index (χ1) is 14.1. The van der Waals surface area contributed by atoms with Crippen molar-refractivity contribution in [2.24, 2.45) is 0 Å². The van der Waals surface area contributed by atoms with Crippen LogP contribution in [0.15, 0.2) is 84.9 Å². The van der Waals surface area contributed by atoms with Crippen molar-refractivity contribution >= 4 is 29.1 Å². The Kier molecular flexibility index (Phi) is 7.08. The molecule has 0 saturated carbocycles. The molecule has 29 heavy (non-hydrogen) atoms. The maximum atomic E-state index is 12.3. The molecule has 0 bridgehead atoms. The number of nitrogens with one attached hydrogen (secondary N) is 3. The molecule has 2 amide bonds. The van der Waals surface area contributed by atoms with Gasteiger partial charge in [0.1, 0.15) is 0 Å². The molecule has 3 rings (SSSR count). The quantitative estimate of drug-likeness (QED) is 0.450. The van der Waals surface area contributed by atoms with Crippen LogP contribution in [0.2, 0.25) is 0 Å². The van der Waals surface area contributed by atoms with E-state index in [9.17, 15) is 9.59 Å². The zero-order valence-corrected chi connectivity index (χ0v) is 16.5. The molecule has 0 heterocycles. The van der Waals surface area contributed by atoms with E-state index in [4.69, 9.17) is 12.2 Å². The molecule has 0 unspecified atom stereocenters. The normalized spacial score (nSPS) is 10.1. The SMILES string of the molecule is O=C(CCc1ccccc1)NNC(=S)NC(=O)c1ccc(-c2ccccc2)cc1. The fourth-order valence-electron chi connectivity index (χ4n) is 2.74. The van der Waals surface area contributed by atoms with Gasteiger partial charge < -0.3 is 0 Å². The summed E-state index contributed by atoms with van der Waals surface area (Å²) in [6, 6.07) is 26.9. The molecule has 3 N–H and O–H groups in total. The van der Waals surface area contributed by atoms with Gasteiger partial charge in [-0.2, -0.15) is 0 Å². The Bertz CT molecular complexity index is 974. The lowest BCUT2D eigenvalue weighted by molar-refractivity contribution is -0.121. The van der Waals surface area contributed by atoms with Gasteiger partial charge in [-0.25, -0.2) is 0 Å². The van der Waals surface area contributed by atoms with E-state index in [-0.39, 0.29) is 16.9 Å². The van der Waals surface area contributed by atoms with Gasteiger partial charge in [0, 0.05) is 12.0 Å². The summed E-state index contributed by atoms with van der Waals surface area (Å²) in [6.07, 6.45) is 0.940. The predicted octanol–water partition coefficient (Wildman–Crippen LogP) is 3.62. The highest BCUT2D eigenvalue weighted by atomic mass is 32.1. The molecule has 0 aromatic heterocycles. The molecule has 0 fully saturated rings. The van der Waals surface area contributed by atoms with Crippen LogP contribution in [0.4, 0.5) is 0 Å². The van der Waals surface area contributed by atoms with Crippen molar-refractivity contribution in [3.63, 3.8) is 0 Å². The van der Waals surface area contributed by atoms with E-state index in [2.05, 4.69) is 16.2 Å². The van der Waals surface area contributed by atoms with Crippen LogP contribution in [0, 0.1) is 0 Å². The number of carbonyl (C=O) groups excluding carboxylic acids is 2. The minimum Gasteiger partial charge on any atom is -0.298 e. The molecule has 0 radical (unpaired) electrons. The van der Waals surface area contributed by atoms with Crippen molar-refractivity contribution in [3.8, 4) is 11.1 Å². The molecule has 146 valence electrons. The molecule has 0 aliphatic rings. The molecular formula is C23H21N3O2S. The smallest absolute Gasteiger partial charge is 0.257 e. The van der Waals surface area contributed by atoms with Crippen molar-refractivity contribution in [2.45, 2.75) is 12.8 Å². The second-order valence-corrected chi connectivity index (χ2v) is 6.79. The Morgan fingerprint density at radius 3 is 1.97 bits per heavy atom. The van der Waals surface area contributed by atoms with Crippen LogP contribution >= 0.6 is 12.2 Å². The minimum absolute atomic E-state index is 0.0372. The molecule has 3 aromatic carbocycles. The van der Waals surface area contributed by atoms with Gasteiger partial charge in [0.25, 0.3) is 5.91 Å². The largest absolute Gasteiger partial charge is 0.298 e. The number of amides is 2. The average Bonchev–Trinajstić information content (AvgIpc) is 2.77. The maximum absolute atomic E-state index is 12.3. The molecular weight excluding hydrogens is 382 g/mol. The molecule has 0 aliphatic heterocycles. The lowest BCUT2D eigenvalue weighted by Crippen LogP contribution is -2.48. The molecule has 0 spiro atoms. The van der Waals surface area contributed by atoms with Crippen LogP contribution in [0.25, 0.3) is 11.1 Å². The minimum atomic E-state index is -0.347. The van der Waals surface area contributed by atoms with Crippen LogP contribution in [-0.2, 0) is 11.2 Å². The maximum Gasteiger partial charge on any atom is 0.257 e. The van der Waals surface area contributed by atoms with E-state index in [1.54, 1.807) is 12.1 Å².